The Morgan fingerprint density at radius 3 is 2.35 bits per heavy atom. The number of nitrogens with zero attached hydrogens (tertiary/aromatic N) is 1. The minimum atomic E-state index is 0.412. The largest absolute Gasteiger partial charge is 0.383 e. The van der Waals surface area contributed by atoms with Crippen LogP contribution in [-0.2, 0) is 0 Å². The van der Waals surface area contributed by atoms with Gasteiger partial charge < -0.3 is 11.1 Å². The van der Waals surface area contributed by atoms with Crippen molar-refractivity contribution in [3.63, 3.8) is 0 Å². The van der Waals surface area contributed by atoms with Crippen LogP contribution in [0.5, 0.6) is 0 Å². The molecule has 2 rings (SSSR count). The van der Waals surface area contributed by atoms with E-state index in [2.05, 4.69) is 37.4 Å². The van der Waals surface area contributed by atoms with Gasteiger partial charge in [-0.15, -0.1) is 0 Å². The summed E-state index contributed by atoms with van der Waals surface area (Å²) in [6, 6.07) is 2.47. The van der Waals surface area contributed by atoms with Crippen molar-refractivity contribution in [2.45, 2.75) is 53.0 Å². The second-order valence-electron chi connectivity index (χ2n) is 6.87. The molecule has 0 unspecified atom stereocenters. The molecule has 96 valence electrons. The maximum Gasteiger partial charge on any atom is 0.139 e. The van der Waals surface area contributed by atoms with Crippen LogP contribution in [0.25, 0.3) is 0 Å². The highest BCUT2D eigenvalue weighted by Gasteiger charge is 2.38. The van der Waals surface area contributed by atoms with E-state index in [0.717, 1.165) is 5.00 Å². The molecule has 1 aliphatic carbocycles. The molecule has 0 atom stereocenters. The Labute approximate surface area is 108 Å². The lowest BCUT2D eigenvalue weighted by molar-refractivity contribution is 0.105. The summed E-state index contributed by atoms with van der Waals surface area (Å²) in [5.74, 6) is 0.617. The molecule has 17 heavy (non-hydrogen) atoms. The predicted octanol–water partition coefficient (Wildman–Crippen LogP) is 3.74. The van der Waals surface area contributed by atoms with Gasteiger partial charge in [0.25, 0.3) is 0 Å². The van der Waals surface area contributed by atoms with Gasteiger partial charge in [-0.3, -0.25) is 0 Å². The Morgan fingerprint density at radius 1 is 1.29 bits per heavy atom. The third kappa shape index (κ3) is 3.35. The maximum atomic E-state index is 5.65. The Bertz CT molecular complexity index is 379. The molecule has 1 aromatic heterocycles. The van der Waals surface area contributed by atoms with Crippen LogP contribution in [0, 0.1) is 10.8 Å². The predicted molar refractivity (Wildman–Crippen MR) is 75.4 cm³/mol. The molecule has 0 saturated heterocycles. The number of aromatic nitrogens is 1. The number of nitrogen functional groups attached to an aromatic ring is 1. The molecule has 3 nitrogen and oxygen atoms in total. The minimum Gasteiger partial charge on any atom is -0.383 e. The minimum absolute atomic E-state index is 0.412. The summed E-state index contributed by atoms with van der Waals surface area (Å²) in [6.07, 6.45) is 3.73. The van der Waals surface area contributed by atoms with Gasteiger partial charge in [0.1, 0.15) is 10.8 Å². The van der Waals surface area contributed by atoms with Gasteiger partial charge in [-0.2, -0.15) is 4.37 Å². The second-order valence-corrected chi connectivity index (χ2v) is 7.68. The van der Waals surface area contributed by atoms with Crippen LogP contribution >= 0.6 is 11.5 Å². The highest BCUT2D eigenvalue weighted by molar-refractivity contribution is 7.10. The Kier molecular flexibility index (Phi) is 3.10. The van der Waals surface area contributed by atoms with Gasteiger partial charge in [0.15, 0.2) is 0 Å². The lowest BCUT2D eigenvalue weighted by atomic mass is 9.63. The zero-order chi connectivity index (χ0) is 12.7. The fraction of sp³-hybridized carbons (Fsp3) is 0.769. The van der Waals surface area contributed by atoms with E-state index in [9.17, 15) is 0 Å². The average Bonchev–Trinajstić information content (AvgIpc) is 2.44. The first kappa shape index (κ1) is 12.7. The van der Waals surface area contributed by atoms with Gasteiger partial charge in [0.05, 0.1) is 0 Å². The van der Waals surface area contributed by atoms with E-state index in [1.54, 1.807) is 0 Å². The molecule has 1 saturated carbocycles. The van der Waals surface area contributed by atoms with E-state index in [0.29, 0.717) is 22.7 Å². The zero-order valence-electron chi connectivity index (χ0n) is 11.2. The van der Waals surface area contributed by atoms with Crippen molar-refractivity contribution >= 4 is 22.4 Å². The van der Waals surface area contributed by atoms with Gasteiger partial charge in [0, 0.05) is 12.1 Å². The number of nitrogens with one attached hydrogen (secondary N) is 1. The van der Waals surface area contributed by atoms with Crippen molar-refractivity contribution in [1.29, 1.82) is 0 Å². The molecule has 1 heterocycles. The molecule has 0 radical (unpaired) electrons. The van der Waals surface area contributed by atoms with Crippen molar-refractivity contribution < 1.29 is 0 Å². The molecule has 0 bridgehead atoms. The molecule has 1 fully saturated rings. The summed E-state index contributed by atoms with van der Waals surface area (Å²) in [6.45, 7) is 9.46. The Balaban J connectivity index is 2.06. The summed E-state index contributed by atoms with van der Waals surface area (Å²) in [5.41, 5.74) is 6.47. The highest BCUT2D eigenvalue weighted by atomic mass is 32.1. The van der Waals surface area contributed by atoms with Gasteiger partial charge in [0.2, 0.25) is 0 Å². The van der Waals surface area contributed by atoms with Crippen LogP contribution in [0.4, 0.5) is 10.8 Å². The Morgan fingerprint density at radius 2 is 1.88 bits per heavy atom. The van der Waals surface area contributed by atoms with Crippen molar-refractivity contribution in [2.24, 2.45) is 10.8 Å². The first-order chi connectivity index (χ1) is 7.76. The number of hydrogen-bond donors (Lipinski definition) is 2. The molecular formula is C13H23N3S. The average molecular weight is 253 g/mol. The summed E-state index contributed by atoms with van der Waals surface area (Å²) in [5, 5.41) is 4.69. The number of hydrogen-bond acceptors (Lipinski definition) is 4. The lowest BCUT2D eigenvalue weighted by Crippen LogP contribution is -2.40. The van der Waals surface area contributed by atoms with Crippen molar-refractivity contribution in [3.05, 3.63) is 6.07 Å². The van der Waals surface area contributed by atoms with Crippen LogP contribution in [0.15, 0.2) is 6.07 Å². The molecule has 3 N–H and O–H groups in total. The normalized spacial score (nSPS) is 23.5. The van der Waals surface area contributed by atoms with E-state index in [1.165, 1.54) is 30.8 Å². The molecule has 1 aromatic rings. The van der Waals surface area contributed by atoms with Crippen LogP contribution in [0.3, 0.4) is 0 Å². The third-order valence-electron chi connectivity index (χ3n) is 3.43. The standard InChI is InChI=1S/C13H23N3S/c1-12(2)6-9(7-13(3,4)8-12)15-11-5-10(14)16-17-11/h5,9,15H,6-8H2,1-4H3,(H2,14,16). The zero-order valence-corrected chi connectivity index (χ0v) is 12.0. The molecule has 0 aliphatic heterocycles. The Hall–Kier alpha value is -0.770. The summed E-state index contributed by atoms with van der Waals surface area (Å²) >= 11 is 1.46. The van der Waals surface area contributed by atoms with Crippen LogP contribution < -0.4 is 11.1 Å². The summed E-state index contributed by atoms with van der Waals surface area (Å²) < 4.78 is 4.11. The molecule has 0 aromatic carbocycles. The maximum absolute atomic E-state index is 5.65. The molecule has 0 spiro atoms. The van der Waals surface area contributed by atoms with E-state index in [4.69, 9.17) is 5.73 Å². The topological polar surface area (TPSA) is 50.9 Å². The number of rotatable bonds is 2. The fourth-order valence-electron chi connectivity index (χ4n) is 3.51. The SMILES string of the molecule is CC1(C)CC(Nc2cc(N)ns2)CC(C)(C)C1. The van der Waals surface area contributed by atoms with Gasteiger partial charge in [-0.25, -0.2) is 0 Å². The molecule has 4 heteroatoms. The van der Waals surface area contributed by atoms with Gasteiger partial charge >= 0.3 is 0 Å². The molecule has 0 amide bonds. The smallest absolute Gasteiger partial charge is 0.139 e. The van der Waals surface area contributed by atoms with Crippen molar-refractivity contribution in [1.82, 2.24) is 4.37 Å². The van der Waals surface area contributed by atoms with E-state index < -0.39 is 0 Å². The first-order valence-corrected chi connectivity index (χ1v) is 7.02. The second kappa shape index (κ2) is 4.16. The fourth-order valence-corrected chi connectivity index (χ4v) is 4.16. The van der Waals surface area contributed by atoms with Crippen molar-refractivity contribution in [2.75, 3.05) is 11.1 Å². The molecule has 1 aliphatic rings. The quantitative estimate of drug-likeness (QED) is 0.844. The summed E-state index contributed by atoms with van der Waals surface area (Å²) in [4.78, 5) is 0. The van der Waals surface area contributed by atoms with Gasteiger partial charge in [-0.05, 0) is 41.6 Å². The number of anilines is 2. The van der Waals surface area contributed by atoms with Crippen LogP contribution in [0.1, 0.15) is 47.0 Å². The van der Waals surface area contributed by atoms with E-state index in [-0.39, 0.29) is 0 Å². The summed E-state index contributed by atoms with van der Waals surface area (Å²) in [7, 11) is 0. The van der Waals surface area contributed by atoms with Crippen LogP contribution in [-0.4, -0.2) is 10.4 Å². The highest BCUT2D eigenvalue weighted by Crippen LogP contribution is 2.46. The molecular weight excluding hydrogens is 230 g/mol. The van der Waals surface area contributed by atoms with Gasteiger partial charge in [-0.1, -0.05) is 27.7 Å². The third-order valence-corrected chi connectivity index (χ3v) is 4.16. The lowest BCUT2D eigenvalue weighted by Gasteiger charge is -2.45. The van der Waals surface area contributed by atoms with Crippen molar-refractivity contribution in [3.8, 4) is 0 Å². The van der Waals surface area contributed by atoms with E-state index in [1.807, 2.05) is 6.07 Å². The van der Waals surface area contributed by atoms with Crippen LogP contribution in [0.2, 0.25) is 0 Å². The monoisotopic (exact) mass is 253 g/mol. The van der Waals surface area contributed by atoms with E-state index >= 15 is 0 Å². The number of nitrogens with two attached hydrogens (primary N) is 1. The first-order valence-electron chi connectivity index (χ1n) is 6.25.